The molecule has 1 N–H and O–H groups in total. The monoisotopic (exact) mass is 291 g/mol. The second-order valence-corrected chi connectivity index (χ2v) is 6.08. The lowest BCUT2D eigenvalue weighted by Gasteiger charge is -2.61. The molecule has 6 nitrogen and oxygen atoms in total. The molecule has 0 amide bonds. The Bertz CT molecular complexity index is 557. The summed E-state index contributed by atoms with van der Waals surface area (Å²) in [7, 11) is 0. The van der Waals surface area contributed by atoms with Crippen molar-refractivity contribution < 1.29 is 9.66 Å². The molecule has 1 spiro atoms. The van der Waals surface area contributed by atoms with Gasteiger partial charge < -0.3 is 10.1 Å². The van der Waals surface area contributed by atoms with Gasteiger partial charge in [0.2, 0.25) is 0 Å². The molecule has 0 aromatic carbocycles. The zero-order valence-corrected chi connectivity index (χ0v) is 12.5. The van der Waals surface area contributed by atoms with Gasteiger partial charge in [-0.25, -0.2) is 4.98 Å². The highest BCUT2D eigenvalue weighted by Gasteiger charge is 2.59. The van der Waals surface area contributed by atoms with E-state index in [1.54, 1.807) is 13.0 Å². The topological polar surface area (TPSA) is 77.3 Å². The van der Waals surface area contributed by atoms with Gasteiger partial charge in [-0.3, -0.25) is 10.1 Å². The molecule has 0 aliphatic heterocycles. The van der Waals surface area contributed by atoms with Crippen molar-refractivity contribution in [1.82, 2.24) is 4.98 Å². The van der Waals surface area contributed by atoms with Crippen LogP contribution in [0.2, 0.25) is 0 Å². The average Bonchev–Trinajstić information content (AvgIpc) is 2.35. The number of nitro groups is 1. The van der Waals surface area contributed by atoms with E-state index in [-0.39, 0.29) is 11.1 Å². The molecular weight excluding hydrogens is 270 g/mol. The predicted molar refractivity (Wildman–Crippen MR) is 79.4 cm³/mol. The Balaban J connectivity index is 1.70. The fraction of sp³-hybridized carbons (Fsp3) is 0.667. The van der Waals surface area contributed by atoms with Crippen molar-refractivity contribution in [2.24, 2.45) is 5.41 Å². The standard InChI is InChI=1S/C15H21N3O3/c1-3-21-13-8-12(15(13)5-4-6-15)17-14-7-10(2)11(9-16-14)18(19)20/h7,9,12-13H,3-6,8H2,1-2H3,(H,16,17). The fourth-order valence-electron chi connectivity index (χ4n) is 3.64. The molecule has 2 atom stereocenters. The third kappa shape index (κ3) is 2.27. The summed E-state index contributed by atoms with van der Waals surface area (Å²) in [5.74, 6) is 0.726. The molecule has 114 valence electrons. The molecule has 2 aliphatic rings. The van der Waals surface area contributed by atoms with Crippen molar-refractivity contribution in [2.45, 2.75) is 51.7 Å². The zero-order chi connectivity index (χ0) is 15.0. The maximum Gasteiger partial charge on any atom is 0.290 e. The number of nitrogens with zero attached hydrogens (tertiary/aromatic N) is 2. The van der Waals surface area contributed by atoms with Gasteiger partial charge in [0.1, 0.15) is 12.0 Å². The van der Waals surface area contributed by atoms with E-state index >= 15 is 0 Å². The molecular formula is C15H21N3O3. The van der Waals surface area contributed by atoms with Gasteiger partial charge in [-0.05, 0) is 39.2 Å². The Hall–Kier alpha value is -1.69. The molecule has 2 unspecified atom stereocenters. The lowest BCUT2D eigenvalue weighted by Crippen LogP contribution is -2.64. The zero-order valence-electron chi connectivity index (χ0n) is 12.5. The number of pyridine rings is 1. The maximum atomic E-state index is 10.8. The summed E-state index contributed by atoms with van der Waals surface area (Å²) in [5, 5.41) is 14.3. The van der Waals surface area contributed by atoms with E-state index in [1.807, 2.05) is 6.92 Å². The van der Waals surface area contributed by atoms with Crippen molar-refractivity contribution in [3.8, 4) is 0 Å². The second-order valence-electron chi connectivity index (χ2n) is 6.08. The molecule has 6 heteroatoms. The molecule has 0 saturated heterocycles. The molecule has 2 fully saturated rings. The Morgan fingerprint density at radius 1 is 1.57 bits per heavy atom. The number of hydrogen-bond donors (Lipinski definition) is 1. The van der Waals surface area contributed by atoms with Crippen LogP contribution in [0.1, 0.15) is 38.2 Å². The highest BCUT2D eigenvalue weighted by Crippen LogP contribution is 2.58. The minimum atomic E-state index is -0.395. The normalized spacial score (nSPS) is 26.0. The SMILES string of the molecule is CCOC1CC(Nc2cc(C)c([N+](=O)[O-])cn2)C12CCC2. The third-order valence-electron chi connectivity index (χ3n) is 5.04. The highest BCUT2D eigenvalue weighted by molar-refractivity contribution is 5.48. The minimum absolute atomic E-state index is 0.0692. The number of rotatable bonds is 5. The summed E-state index contributed by atoms with van der Waals surface area (Å²) in [6, 6.07) is 2.13. The first-order chi connectivity index (χ1) is 10.1. The van der Waals surface area contributed by atoms with Crippen molar-refractivity contribution >= 4 is 11.5 Å². The molecule has 0 bridgehead atoms. The first kappa shape index (κ1) is 14.3. The van der Waals surface area contributed by atoms with Crippen LogP contribution in [0, 0.1) is 22.5 Å². The summed E-state index contributed by atoms with van der Waals surface area (Å²) in [6.07, 6.45) is 6.33. The van der Waals surface area contributed by atoms with E-state index in [4.69, 9.17) is 4.74 Å². The fourth-order valence-corrected chi connectivity index (χ4v) is 3.64. The van der Waals surface area contributed by atoms with Gasteiger partial charge in [0.25, 0.3) is 5.69 Å². The van der Waals surface area contributed by atoms with Gasteiger partial charge in [-0.15, -0.1) is 0 Å². The molecule has 3 rings (SSSR count). The summed E-state index contributed by atoms with van der Waals surface area (Å²) >= 11 is 0. The summed E-state index contributed by atoms with van der Waals surface area (Å²) < 4.78 is 5.83. The van der Waals surface area contributed by atoms with Crippen molar-refractivity contribution in [2.75, 3.05) is 11.9 Å². The number of anilines is 1. The number of aromatic nitrogens is 1. The van der Waals surface area contributed by atoms with E-state index in [2.05, 4.69) is 10.3 Å². The summed E-state index contributed by atoms with van der Waals surface area (Å²) in [4.78, 5) is 14.6. The van der Waals surface area contributed by atoms with Crippen LogP contribution in [0.25, 0.3) is 0 Å². The van der Waals surface area contributed by atoms with Crippen molar-refractivity contribution in [3.63, 3.8) is 0 Å². The lowest BCUT2D eigenvalue weighted by atomic mass is 9.51. The van der Waals surface area contributed by atoms with Crippen LogP contribution in [-0.2, 0) is 4.74 Å². The van der Waals surface area contributed by atoms with Crippen LogP contribution in [0.15, 0.2) is 12.3 Å². The molecule has 1 aromatic heterocycles. The molecule has 21 heavy (non-hydrogen) atoms. The van der Waals surface area contributed by atoms with Crippen LogP contribution in [0.4, 0.5) is 11.5 Å². The first-order valence-corrected chi connectivity index (χ1v) is 7.56. The van der Waals surface area contributed by atoms with Gasteiger partial charge >= 0.3 is 0 Å². The Morgan fingerprint density at radius 2 is 2.33 bits per heavy atom. The Kier molecular flexibility index (Phi) is 3.57. The van der Waals surface area contributed by atoms with E-state index in [1.165, 1.54) is 25.5 Å². The average molecular weight is 291 g/mol. The smallest absolute Gasteiger partial charge is 0.290 e. The van der Waals surface area contributed by atoms with E-state index < -0.39 is 4.92 Å². The van der Waals surface area contributed by atoms with Crippen LogP contribution < -0.4 is 5.32 Å². The maximum absolute atomic E-state index is 10.8. The van der Waals surface area contributed by atoms with Gasteiger partial charge in [0.05, 0.1) is 11.0 Å². The highest BCUT2D eigenvalue weighted by atomic mass is 16.6. The third-order valence-corrected chi connectivity index (χ3v) is 5.04. The first-order valence-electron chi connectivity index (χ1n) is 7.56. The molecule has 2 aliphatic carbocycles. The number of ether oxygens (including phenoxy) is 1. The second kappa shape index (κ2) is 5.26. The summed E-state index contributed by atoms with van der Waals surface area (Å²) in [6.45, 7) is 4.54. The Labute approximate surface area is 124 Å². The van der Waals surface area contributed by atoms with E-state index in [0.717, 1.165) is 18.8 Å². The van der Waals surface area contributed by atoms with Crippen LogP contribution in [0.5, 0.6) is 0 Å². The van der Waals surface area contributed by atoms with Crippen LogP contribution >= 0.6 is 0 Å². The van der Waals surface area contributed by atoms with Crippen LogP contribution in [0.3, 0.4) is 0 Å². The number of aryl methyl sites for hydroxylation is 1. The van der Waals surface area contributed by atoms with Crippen molar-refractivity contribution in [3.05, 3.63) is 27.9 Å². The number of nitrogens with one attached hydrogen (secondary N) is 1. The molecule has 1 aromatic rings. The predicted octanol–water partition coefficient (Wildman–Crippen LogP) is 3.06. The molecule has 1 heterocycles. The van der Waals surface area contributed by atoms with E-state index in [9.17, 15) is 10.1 Å². The van der Waals surface area contributed by atoms with Gasteiger partial charge in [-0.1, -0.05) is 6.42 Å². The van der Waals surface area contributed by atoms with Gasteiger partial charge in [0, 0.05) is 23.6 Å². The molecule has 2 saturated carbocycles. The van der Waals surface area contributed by atoms with Crippen molar-refractivity contribution in [1.29, 1.82) is 0 Å². The summed E-state index contributed by atoms with van der Waals surface area (Å²) in [5.41, 5.74) is 0.966. The molecule has 0 radical (unpaired) electrons. The quantitative estimate of drug-likeness (QED) is 0.666. The lowest BCUT2D eigenvalue weighted by molar-refractivity contribution is -0.385. The van der Waals surface area contributed by atoms with Crippen LogP contribution in [-0.4, -0.2) is 28.7 Å². The number of hydrogen-bond acceptors (Lipinski definition) is 5. The largest absolute Gasteiger partial charge is 0.378 e. The van der Waals surface area contributed by atoms with E-state index in [0.29, 0.717) is 17.7 Å². The van der Waals surface area contributed by atoms with Gasteiger partial charge in [0.15, 0.2) is 0 Å². The Morgan fingerprint density at radius 3 is 2.86 bits per heavy atom. The minimum Gasteiger partial charge on any atom is -0.378 e. The van der Waals surface area contributed by atoms with Gasteiger partial charge in [-0.2, -0.15) is 0 Å².